The van der Waals surface area contributed by atoms with Crippen molar-refractivity contribution in [3.8, 4) is 0 Å². The first kappa shape index (κ1) is 17.6. The Hall–Kier alpha value is -1.76. The molecule has 0 bridgehead atoms. The lowest BCUT2D eigenvalue weighted by Gasteiger charge is -2.32. The van der Waals surface area contributed by atoms with Gasteiger partial charge in [0.1, 0.15) is 0 Å². The van der Waals surface area contributed by atoms with Crippen LogP contribution in [0.4, 0.5) is 0 Å². The number of carbonyl (C=O) groups is 4. The molecule has 0 spiro atoms. The molecule has 0 aromatic heterocycles. The molecule has 23 heavy (non-hydrogen) atoms. The summed E-state index contributed by atoms with van der Waals surface area (Å²) in [5.41, 5.74) is -1.46. The first-order valence-corrected chi connectivity index (χ1v) is 7.84. The molecule has 2 saturated heterocycles. The van der Waals surface area contributed by atoms with Crippen LogP contribution < -0.4 is 0 Å². The van der Waals surface area contributed by atoms with E-state index in [1.165, 1.54) is 4.90 Å². The fourth-order valence-corrected chi connectivity index (χ4v) is 3.09. The van der Waals surface area contributed by atoms with Gasteiger partial charge in [0, 0.05) is 24.8 Å². The molecule has 0 saturated carbocycles. The number of imide groups is 2. The van der Waals surface area contributed by atoms with Crippen molar-refractivity contribution in [3.63, 3.8) is 0 Å². The van der Waals surface area contributed by atoms with Crippen LogP contribution in [0.2, 0.25) is 0 Å². The maximum Gasteiger partial charge on any atom is 0.254 e. The average Bonchev–Trinajstić information content (AvgIpc) is 2.81. The van der Waals surface area contributed by atoms with E-state index >= 15 is 0 Å². The highest BCUT2D eigenvalue weighted by Crippen LogP contribution is 2.34. The molecule has 0 N–H and O–H groups in total. The zero-order valence-corrected chi connectivity index (χ0v) is 14.3. The van der Waals surface area contributed by atoms with Crippen LogP contribution in [0.15, 0.2) is 0 Å². The Morgan fingerprint density at radius 2 is 1.48 bits per heavy atom. The molecule has 2 aliphatic rings. The van der Waals surface area contributed by atoms with Crippen molar-refractivity contribution in [3.05, 3.63) is 0 Å². The molecule has 2 rings (SSSR count). The van der Waals surface area contributed by atoms with Crippen molar-refractivity contribution >= 4 is 23.6 Å². The monoisotopic (exact) mass is 324 g/mol. The summed E-state index contributed by atoms with van der Waals surface area (Å²) in [4.78, 5) is 54.8. The number of hydrogen-bond acceptors (Lipinski definition) is 5. The topological polar surface area (TPSA) is 84.0 Å². The Bertz CT molecular complexity index is 545. The standard InChI is InChI=1S/C16H24N2O5/c1-15(2,3)17-13(21)8-10(14(17)22)9-16(4,5)23-18-11(19)6-7-12(18)20/h10H,6-9H2,1-5H3. The molecule has 7 heteroatoms. The van der Waals surface area contributed by atoms with Gasteiger partial charge in [0.2, 0.25) is 11.8 Å². The summed E-state index contributed by atoms with van der Waals surface area (Å²) < 4.78 is 0. The Balaban J connectivity index is 2.06. The third-order valence-electron chi connectivity index (χ3n) is 3.99. The third kappa shape index (κ3) is 3.60. The van der Waals surface area contributed by atoms with Gasteiger partial charge in [-0.05, 0) is 41.0 Å². The Morgan fingerprint density at radius 1 is 0.957 bits per heavy atom. The summed E-state index contributed by atoms with van der Waals surface area (Å²) in [7, 11) is 0. The molecular weight excluding hydrogens is 300 g/mol. The quantitative estimate of drug-likeness (QED) is 0.730. The first-order valence-electron chi connectivity index (χ1n) is 7.84. The number of carbonyl (C=O) groups excluding carboxylic acids is 4. The van der Waals surface area contributed by atoms with E-state index in [0.717, 1.165) is 5.06 Å². The van der Waals surface area contributed by atoms with Crippen molar-refractivity contribution in [1.29, 1.82) is 0 Å². The van der Waals surface area contributed by atoms with Crippen molar-refractivity contribution in [2.45, 2.75) is 71.4 Å². The number of hydroxylamine groups is 2. The van der Waals surface area contributed by atoms with Gasteiger partial charge in [0.15, 0.2) is 0 Å². The predicted octanol–water partition coefficient (Wildman–Crippen LogP) is 1.41. The van der Waals surface area contributed by atoms with E-state index in [-0.39, 0.29) is 49.3 Å². The number of amides is 4. The molecule has 2 heterocycles. The van der Waals surface area contributed by atoms with Crippen LogP contribution in [-0.2, 0) is 24.0 Å². The minimum absolute atomic E-state index is 0.130. The molecule has 0 aromatic rings. The molecule has 4 amide bonds. The molecule has 0 aliphatic carbocycles. The summed E-state index contributed by atoms with van der Waals surface area (Å²) in [6.45, 7) is 8.87. The minimum atomic E-state index is -0.899. The fourth-order valence-electron chi connectivity index (χ4n) is 3.09. The lowest BCUT2D eigenvalue weighted by molar-refractivity contribution is -0.226. The van der Waals surface area contributed by atoms with Gasteiger partial charge in [-0.25, -0.2) is 0 Å². The van der Waals surface area contributed by atoms with Crippen LogP contribution in [0.3, 0.4) is 0 Å². The third-order valence-corrected chi connectivity index (χ3v) is 3.99. The van der Waals surface area contributed by atoms with Crippen LogP contribution >= 0.6 is 0 Å². The highest BCUT2D eigenvalue weighted by atomic mass is 16.7. The molecule has 128 valence electrons. The summed E-state index contributed by atoms with van der Waals surface area (Å²) in [5, 5.41) is 0.794. The lowest BCUT2D eigenvalue weighted by atomic mass is 9.92. The van der Waals surface area contributed by atoms with Crippen LogP contribution in [0.5, 0.6) is 0 Å². The summed E-state index contributed by atoms with van der Waals surface area (Å²) in [5.74, 6) is -1.65. The van der Waals surface area contributed by atoms with Gasteiger partial charge in [-0.2, -0.15) is 5.06 Å². The average molecular weight is 324 g/mol. The van der Waals surface area contributed by atoms with Crippen molar-refractivity contribution in [1.82, 2.24) is 9.96 Å². The molecule has 0 aromatic carbocycles. The van der Waals surface area contributed by atoms with Crippen molar-refractivity contribution in [2.75, 3.05) is 0 Å². The molecule has 0 radical (unpaired) electrons. The second-order valence-corrected chi connectivity index (χ2v) is 7.78. The van der Waals surface area contributed by atoms with Crippen LogP contribution in [0.1, 0.15) is 60.3 Å². The zero-order chi connectivity index (χ0) is 17.6. The lowest BCUT2D eigenvalue weighted by Crippen LogP contribution is -2.46. The van der Waals surface area contributed by atoms with Gasteiger partial charge in [0.05, 0.1) is 11.5 Å². The maximum atomic E-state index is 12.5. The minimum Gasteiger partial charge on any atom is -0.277 e. The van der Waals surface area contributed by atoms with Gasteiger partial charge in [-0.15, -0.1) is 0 Å². The van der Waals surface area contributed by atoms with E-state index in [4.69, 9.17) is 4.84 Å². The predicted molar refractivity (Wildman–Crippen MR) is 80.6 cm³/mol. The van der Waals surface area contributed by atoms with E-state index in [1.807, 2.05) is 20.8 Å². The van der Waals surface area contributed by atoms with Gasteiger partial charge in [-0.3, -0.25) is 28.9 Å². The molecule has 2 fully saturated rings. The van der Waals surface area contributed by atoms with E-state index in [1.54, 1.807) is 13.8 Å². The Kier molecular flexibility index (Phi) is 4.36. The second kappa shape index (κ2) is 5.70. The Labute approximate surface area is 135 Å². The second-order valence-electron chi connectivity index (χ2n) is 7.78. The van der Waals surface area contributed by atoms with Crippen LogP contribution in [0, 0.1) is 5.92 Å². The summed E-state index contributed by atoms with van der Waals surface area (Å²) in [6.07, 6.45) is 0.688. The Morgan fingerprint density at radius 3 is 1.91 bits per heavy atom. The first-order chi connectivity index (χ1) is 10.4. The van der Waals surface area contributed by atoms with Crippen LogP contribution in [0.25, 0.3) is 0 Å². The molecule has 1 unspecified atom stereocenters. The molecular formula is C16H24N2O5. The molecule has 2 aliphatic heterocycles. The van der Waals surface area contributed by atoms with Crippen molar-refractivity contribution in [2.24, 2.45) is 5.92 Å². The van der Waals surface area contributed by atoms with E-state index in [0.29, 0.717) is 0 Å². The van der Waals surface area contributed by atoms with Crippen LogP contribution in [-0.4, -0.2) is 44.7 Å². The molecule has 7 nitrogen and oxygen atoms in total. The SMILES string of the molecule is CC(C)(CC1CC(=O)N(C(C)(C)C)C1=O)ON1C(=O)CCC1=O. The number of rotatable bonds is 4. The number of nitrogens with zero attached hydrogens (tertiary/aromatic N) is 2. The highest BCUT2D eigenvalue weighted by molar-refractivity contribution is 6.04. The molecule has 1 atom stereocenters. The van der Waals surface area contributed by atoms with Gasteiger partial charge < -0.3 is 0 Å². The van der Waals surface area contributed by atoms with E-state index in [2.05, 4.69) is 0 Å². The number of likely N-dealkylation sites (tertiary alicyclic amines) is 1. The normalized spacial score (nSPS) is 23.4. The summed E-state index contributed by atoms with van der Waals surface area (Å²) >= 11 is 0. The summed E-state index contributed by atoms with van der Waals surface area (Å²) in [6, 6.07) is 0. The van der Waals surface area contributed by atoms with E-state index < -0.39 is 17.1 Å². The van der Waals surface area contributed by atoms with E-state index in [9.17, 15) is 19.2 Å². The maximum absolute atomic E-state index is 12.5. The van der Waals surface area contributed by atoms with Gasteiger partial charge in [0.25, 0.3) is 11.8 Å². The zero-order valence-electron chi connectivity index (χ0n) is 14.3. The number of hydrogen-bond donors (Lipinski definition) is 0. The smallest absolute Gasteiger partial charge is 0.254 e. The van der Waals surface area contributed by atoms with Crippen molar-refractivity contribution < 1.29 is 24.0 Å². The van der Waals surface area contributed by atoms with Gasteiger partial charge in [-0.1, -0.05) is 0 Å². The highest BCUT2D eigenvalue weighted by Gasteiger charge is 2.46. The van der Waals surface area contributed by atoms with Gasteiger partial charge >= 0.3 is 0 Å². The largest absolute Gasteiger partial charge is 0.277 e. The fraction of sp³-hybridized carbons (Fsp3) is 0.750.